The van der Waals surface area contributed by atoms with E-state index in [1.165, 1.54) is 4.90 Å². The third kappa shape index (κ3) is 6.34. The predicted octanol–water partition coefficient (Wildman–Crippen LogP) is 1.64. The number of piperazine rings is 1. The molecule has 2 N–H and O–H groups in total. The highest BCUT2D eigenvalue weighted by Crippen LogP contribution is 2.16. The van der Waals surface area contributed by atoms with E-state index in [0.717, 1.165) is 12.0 Å². The molecule has 0 radical (unpaired) electrons. The SMILES string of the molecule is CCC(NCC(=O)N1CCNC(=O)C1CC(=O)OCC(C)C)c1ccccc1. The van der Waals surface area contributed by atoms with Crippen LogP contribution in [0.15, 0.2) is 30.3 Å². The Bertz CT molecular complexity index is 663. The molecule has 0 spiro atoms. The van der Waals surface area contributed by atoms with Gasteiger partial charge < -0.3 is 20.3 Å². The molecule has 0 bridgehead atoms. The van der Waals surface area contributed by atoms with E-state index in [9.17, 15) is 14.4 Å². The van der Waals surface area contributed by atoms with Crippen LogP contribution in [-0.2, 0) is 19.1 Å². The lowest BCUT2D eigenvalue weighted by atomic mass is 10.0. The molecule has 2 rings (SSSR count). The smallest absolute Gasteiger partial charge is 0.308 e. The van der Waals surface area contributed by atoms with Gasteiger partial charge in [0.1, 0.15) is 6.04 Å². The Kier molecular flexibility index (Phi) is 8.44. The van der Waals surface area contributed by atoms with Gasteiger partial charge in [-0.2, -0.15) is 0 Å². The van der Waals surface area contributed by atoms with Crippen LogP contribution >= 0.6 is 0 Å². The Labute approximate surface area is 166 Å². The van der Waals surface area contributed by atoms with Gasteiger partial charge in [0.15, 0.2) is 0 Å². The normalized spacial score (nSPS) is 17.9. The molecule has 2 atom stereocenters. The number of amides is 2. The van der Waals surface area contributed by atoms with E-state index in [0.29, 0.717) is 19.7 Å². The monoisotopic (exact) mass is 389 g/mol. The molecule has 28 heavy (non-hydrogen) atoms. The fraction of sp³-hybridized carbons (Fsp3) is 0.571. The van der Waals surface area contributed by atoms with Gasteiger partial charge in [-0.1, -0.05) is 51.1 Å². The maximum absolute atomic E-state index is 12.8. The standard InChI is InChI=1S/C21H31N3O4/c1-4-17(16-8-6-5-7-9-16)23-13-19(25)24-11-10-22-21(27)18(24)12-20(26)28-14-15(2)3/h5-9,15,17-18,23H,4,10-14H2,1-3H3,(H,22,27). The van der Waals surface area contributed by atoms with Crippen molar-refractivity contribution in [2.45, 2.75) is 45.7 Å². The van der Waals surface area contributed by atoms with Gasteiger partial charge in [0.2, 0.25) is 11.8 Å². The molecule has 7 nitrogen and oxygen atoms in total. The van der Waals surface area contributed by atoms with Crippen LogP contribution in [0.5, 0.6) is 0 Å². The fourth-order valence-corrected chi connectivity index (χ4v) is 3.19. The van der Waals surface area contributed by atoms with Crippen molar-refractivity contribution in [2.75, 3.05) is 26.2 Å². The summed E-state index contributed by atoms with van der Waals surface area (Å²) in [5.41, 5.74) is 1.11. The third-order valence-electron chi connectivity index (χ3n) is 4.70. The summed E-state index contributed by atoms with van der Waals surface area (Å²) in [6.45, 7) is 7.12. The minimum absolute atomic E-state index is 0.0539. The summed E-state index contributed by atoms with van der Waals surface area (Å²) < 4.78 is 5.18. The zero-order valence-corrected chi connectivity index (χ0v) is 16.9. The molecule has 0 saturated carbocycles. The van der Waals surface area contributed by atoms with Crippen LogP contribution in [0.2, 0.25) is 0 Å². The number of ether oxygens (including phenoxy) is 1. The van der Waals surface area contributed by atoms with Crippen molar-refractivity contribution in [1.82, 2.24) is 15.5 Å². The first-order valence-electron chi connectivity index (χ1n) is 9.93. The molecule has 0 aromatic heterocycles. The minimum Gasteiger partial charge on any atom is -0.465 e. The minimum atomic E-state index is -0.820. The number of hydrogen-bond acceptors (Lipinski definition) is 5. The van der Waals surface area contributed by atoms with E-state index < -0.39 is 12.0 Å². The lowest BCUT2D eigenvalue weighted by Gasteiger charge is -2.35. The molecule has 0 aliphatic carbocycles. The van der Waals surface area contributed by atoms with E-state index >= 15 is 0 Å². The van der Waals surface area contributed by atoms with Gasteiger partial charge in [-0.15, -0.1) is 0 Å². The van der Waals surface area contributed by atoms with Crippen LogP contribution < -0.4 is 10.6 Å². The Hall–Kier alpha value is -2.41. The molecule has 154 valence electrons. The van der Waals surface area contributed by atoms with Gasteiger partial charge >= 0.3 is 5.97 Å². The first kappa shape index (κ1) is 21.9. The zero-order valence-electron chi connectivity index (χ0n) is 16.9. The number of benzene rings is 1. The van der Waals surface area contributed by atoms with Crippen LogP contribution in [0.25, 0.3) is 0 Å². The highest BCUT2D eigenvalue weighted by molar-refractivity contribution is 5.92. The summed E-state index contributed by atoms with van der Waals surface area (Å²) in [5.74, 6) is -0.741. The molecule has 2 unspecified atom stereocenters. The predicted molar refractivity (Wildman–Crippen MR) is 106 cm³/mol. The van der Waals surface area contributed by atoms with Gasteiger partial charge in [0.25, 0.3) is 0 Å². The summed E-state index contributed by atoms with van der Waals surface area (Å²) in [6.07, 6.45) is 0.711. The second-order valence-electron chi connectivity index (χ2n) is 7.43. The second kappa shape index (κ2) is 10.8. The van der Waals surface area contributed by atoms with Crippen molar-refractivity contribution in [1.29, 1.82) is 0 Å². The maximum atomic E-state index is 12.8. The zero-order chi connectivity index (χ0) is 20.5. The van der Waals surface area contributed by atoms with E-state index in [4.69, 9.17) is 4.74 Å². The number of esters is 1. The third-order valence-corrected chi connectivity index (χ3v) is 4.70. The second-order valence-corrected chi connectivity index (χ2v) is 7.43. The first-order valence-corrected chi connectivity index (χ1v) is 9.93. The Balaban J connectivity index is 1.96. The lowest BCUT2D eigenvalue weighted by molar-refractivity contribution is -0.152. The first-order chi connectivity index (χ1) is 13.4. The van der Waals surface area contributed by atoms with E-state index in [2.05, 4.69) is 17.6 Å². The molecule has 1 aliphatic rings. The van der Waals surface area contributed by atoms with Gasteiger partial charge in [-0.05, 0) is 17.9 Å². The van der Waals surface area contributed by atoms with Crippen molar-refractivity contribution >= 4 is 17.8 Å². The summed E-state index contributed by atoms with van der Waals surface area (Å²) in [7, 11) is 0. The Morgan fingerprint density at radius 2 is 2.00 bits per heavy atom. The van der Waals surface area contributed by atoms with Crippen LogP contribution in [-0.4, -0.2) is 55.0 Å². The van der Waals surface area contributed by atoms with Crippen LogP contribution in [0.4, 0.5) is 0 Å². The van der Waals surface area contributed by atoms with Crippen molar-refractivity contribution in [3.8, 4) is 0 Å². The van der Waals surface area contributed by atoms with Crippen molar-refractivity contribution in [3.05, 3.63) is 35.9 Å². The number of hydrogen-bond donors (Lipinski definition) is 2. The molecule has 1 fully saturated rings. The molecule has 1 aromatic rings. The largest absolute Gasteiger partial charge is 0.465 e. The average Bonchev–Trinajstić information content (AvgIpc) is 2.69. The van der Waals surface area contributed by atoms with E-state index in [-0.39, 0.29) is 36.7 Å². The van der Waals surface area contributed by atoms with Crippen molar-refractivity contribution < 1.29 is 19.1 Å². The molecule has 1 aromatic carbocycles. The summed E-state index contributed by atoms with van der Waals surface area (Å²) in [4.78, 5) is 38.6. The number of carbonyl (C=O) groups is 3. The summed E-state index contributed by atoms with van der Waals surface area (Å²) in [5, 5.41) is 6.00. The molecular weight excluding hydrogens is 358 g/mol. The van der Waals surface area contributed by atoms with E-state index in [1.54, 1.807) is 0 Å². The van der Waals surface area contributed by atoms with Crippen LogP contribution in [0.3, 0.4) is 0 Å². The lowest BCUT2D eigenvalue weighted by Crippen LogP contribution is -2.59. The van der Waals surface area contributed by atoms with Crippen LogP contribution in [0.1, 0.15) is 45.2 Å². The van der Waals surface area contributed by atoms with Crippen molar-refractivity contribution in [2.24, 2.45) is 5.92 Å². The molecule has 7 heteroatoms. The van der Waals surface area contributed by atoms with E-state index in [1.807, 2.05) is 44.2 Å². The molecule has 2 amide bonds. The average molecular weight is 389 g/mol. The Morgan fingerprint density at radius 1 is 1.29 bits per heavy atom. The van der Waals surface area contributed by atoms with Crippen LogP contribution in [0, 0.1) is 5.92 Å². The van der Waals surface area contributed by atoms with Gasteiger partial charge in [-0.25, -0.2) is 0 Å². The number of carbonyl (C=O) groups excluding carboxylic acids is 3. The van der Waals surface area contributed by atoms with Gasteiger partial charge in [0.05, 0.1) is 19.6 Å². The number of nitrogens with one attached hydrogen (secondary N) is 2. The summed E-state index contributed by atoms with van der Waals surface area (Å²) >= 11 is 0. The highest BCUT2D eigenvalue weighted by atomic mass is 16.5. The molecular formula is C21H31N3O4. The van der Waals surface area contributed by atoms with Crippen molar-refractivity contribution in [3.63, 3.8) is 0 Å². The molecule has 1 aliphatic heterocycles. The highest BCUT2D eigenvalue weighted by Gasteiger charge is 2.35. The number of rotatable bonds is 9. The quantitative estimate of drug-likeness (QED) is 0.627. The summed E-state index contributed by atoms with van der Waals surface area (Å²) in [6, 6.07) is 9.17. The van der Waals surface area contributed by atoms with Gasteiger partial charge in [-0.3, -0.25) is 14.4 Å². The topological polar surface area (TPSA) is 87.7 Å². The molecule has 1 saturated heterocycles. The maximum Gasteiger partial charge on any atom is 0.308 e. The Morgan fingerprint density at radius 3 is 2.64 bits per heavy atom. The number of nitrogens with zero attached hydrogens (tertiary/aromatic N) is 1. The fourth-order valence-electron chi connectivity index (χ4n) is 3.19. The van der Waals surface area contributed by atoms with Gasteiger partial charge in [0, 0.05) is 19.1 Å². The molecule has 1 heterocycles.